The molecule has 0 amide bonds. The minimum atomic E-state index is 0.433. The highest BCUT2D eigenvalue weighted by atomic mass is 16.5. The summed E-state index contributed by atoms with van der Waals surface area (Å²) in [5.41, 5.74) is 2.88. The van der Waals surface area contributed by atoms with Crippen molar-refractivity contribution >= 4 is 6.21 Å². The molecule has 3 rings (SSSR count). The lowest BCUT2D eigenvalue weighted by Crippen LogP contribution is -2.01. The lowest BCUT2D eigenvalue weighted by molar-refractivity contribution is 0.256. The van der Waals surface area contributed by atoms with Crippen LogP contribution in [0.4, 0.5) is 0 Å². The zero-order valence-electron chi connectivity index (χ0n) is 13.7. The van der Waals surface area contributed by atoms with Crippen LogP contribution >= 0.6 is 0 Å². The van der Waals surface area contributed by atoms with E-state index in [2.05, 4.69) is 5.16 Å². The van der Waals surface area contributed by atoms with Crippen LogP contribution in [0.3, 0.4) is 0 Å². The number of oxime groups is 1. The normalized spacial score (nSPS) is 10.7. The molecule has 0 aromatic heterocycles. The van der Waals surface area contributed by atoms with Crippen molar-refractivity contribution in [3.05, 3.63) is 95.6 Å². The van der Waals surface area contributed by atoms with Crippen LogP contribution in [0.1, 0.15) is 16.7 Å². The van der Waals surface area contributed by atoms with Gasteiger partial charge in [-0.3, -0.25) is 0 Å². The van der Waals surface area contributed by atoms with Gasteiger partial charge in [-0.1, -0.05) is 65.8 Å². The van der Waals surface area contributed by atoms with Gasteiger partial charge in [0.1, 0.15) is 13.2 Å². The van der Waals surface area contributed by atoms with E-state index in [-0.39, 0.29) is 0 Å². The van der Waals surface area contributed by atoms with Gasteiger partial charge >= 0.3 is 0 Å². The summed E-state index contributed by atoms with van der Waals surface area (Å²) in [6, 6.07) is 25.3. The summed E-state index contributed by atoms with van der Waals surface area (Å²) >= 11 is 0. The Hall–Kier alpha value is -3.27. The Morgan fingerprint density at radius 2 is 1.28 bits per heavy atom. The number of nitrogens with zero attached hydrogens (tertiary/aromatic N) is 1. The fourth-order valence-corrected chi connectivity index (χ4v) is 2.37. The van der Waals surface area contributed by atoms with Gasteiger partial charge in [0.15, 0.2) is 11.5 Å². The average Bonchev–Trinajstić information content (AvgIpc) is 2.67. The number of benzene rings is 3. The molecule has 0 saturated heterocycles. The van der Waals surface area contributed by atoms with Gasteiger partial charge in [-0.2, -0.15) is 0 Å². The Labute approximate surface area is 147 Å². The Morgan fingerprint density at radius 3 is 1.84 bits per heavy atom. The zero-order chi connectivity index (χ0) is 17.3. The largest absolute Gasteiger partial charge is 0.485 e. The Kier molecular flexibility index (Phi) is 5.67. The Morgan fingerprint density at radius 1 is 0.720 bits per heavy atom. The molecule has 0 aliphatic rings. The maximum absolute atomic E-state index is 8.74. The predicted molar refractivity (Wildman–Crippen MR) is 97.4 cm³/mol. The SMILES string of the molecule is O/N=C\c1ccc(OCc2ccccc2)c(OCc2ccccc2)c1. The maximum Gasteiger partial charge on any atom is 0.162 e. The number of rotatable bonds is 7. The molecule has 0 aliphatic carbocycles. The molecule has 0 unspecified atom stereocenters. The van der Waals surface area contributed by atoms with E-state index in [1.165, 1.54) is 6.21 Å². The molecular formula is C21H19NO3. The summed E-state index contributed by atoms with van der Waals surface area (Å²) in [5, 5.41) is 11.8. The molecule has 1 N–H and O–H groups in total. The van der Waals surface area contributed by atoms with E-state index >= 15 is 0 Å². The third-order valence-corrected chi connectivity index (χ3v) is 3.65. The molecule has 0 fully saturated rings. The standard InChI is InChI=1S/C21H19NO3/c23-22-14-19-11-12-20(24-15-17-7-3-1-4-8-17)21(13-19)25-16-18-9-5-2-6-10-18/h1-14,23H,15-16H2/b22-14-. The molecule has 0 radical (unpaired) electrons. The highest BCUT2D eigenvalue weighted by Crippen LogP contribution is 2.29. The fraction of sp³-hybridized carbons (Fsp3) is 0.0952. The molecule has 4 nitrogen and oxygen atoms in total. The molecule has 3 aromatic rings. The highest BCUT2D eigenvalue weighted by molar-refractivity contribution is 5.80. The average molecular weight is 333 g/mol. The molecule has 0 spiro atoms. The van der Waals surface area contributed by atoms with Crippen LogP contribution in [-0.2, 0) is 13.2 Å². The quantitative estimate of drug-likeness (QED) is 0.389. The van der Waals surface area contributed by atoms with Crippen molar-refractivity contribution < 1.29 is 14.7 Å². The van der Waals surface area contributed by atoms with Crippen LogP contribution in [0.15, 0.2) is 84.0 Å². The molecule has 0 saturated carbocycles. The van der Waals surface area contributed by atoms with Crippen molar-refractivity contribution in [2.75, 3.05) is 0 Å². The van der Waals surface area contributed by atoms with Gasteiger partial charge in [0, 0.05) is 5.56 Å². The highest BCUT2D eigenvalue weighted by Gasteiger charge is 2.08. The molecule has 0 bridgehead atoms. The minimum Gasteiger partial charge on any atom is -0.485 e. The van der Waals surface area contributed by atoms with E-state index in [1.54, 1.807) is 6.07 Å². The van der Waals surface area contributed by atoms with Crippen LogP contribution in [0.5, 0.6) is 11.5 Å². The minimum absolute atomic E-state index is 0.433. The van der Waals surface area contributed by atoms with Crippen molar-refractivity contribution in [2.45, 2.75) is 13.2 Å². The van der Waals surface area contributed by atoms with Crippen molar-refractivity contribution in [2.24, 2.45) is 5.16 Å². The van der Waals surface area contributed by atoms with Gasteiger partial charge in [-0.15, -0.1) is 0 Å². The molecule has 4 heteroatoms. The van der Waals surface area contributed by atoms with Gasteiger partial charge in [-0.05, 0) is 29.3 Å². The summed E-state index contributed by atoms with van der Waals surface area (Å²) in [4.78, 5) is 0. The second kappa shape index (κ2) is 8.55. The first-order valence-corrected chi connectivity index (χ1v) is 8.00. The summed E-state index contributed by atoms with van der Waals surface area (Å²) < 4.78 is 11.8. The summed E-state index contributed by atoms with van der Waals surface area (Å²) in [6.07, 6.45) is 1.36. The van der Waals surface area contributed by atoms with Gasteiger partial charge in [0.2, 0.25) is 0 Å². The number of hydrogen-bond donors (Lipinski definition) is 1. The lowest BCUT2D eigenvalue weighted by Gasteiger charge is -2.14. The molecule has 126 valence electrons. The first kappa shape index (κ1) is 16.6. The molecule has 0 atom stereocenters. The van der Waals surface area contributed by atoms with Crippen LogP contribution < -0.4 is 9.47 Å². The second-order valence-electron chi connectivity index (χ2n) is 5.50. The Bertz CT molecular complexity index is 817. The van der Waals surface area contributed by atoms with E-state index in [0.717, 1.165) is 16.7 Å². The van der Waals surface area contributed by atoms with E-state index in [0.29, 0.717) is 24.7 Å². The second-order valence-corrected chi connectivity index (χ2v) is 5.50. The monoisotopic (exact) mass is 333 g/mol. The van der Waals surface area contributed by atoms with Crippen LogP contribution in [0, 0.1) is 0 Å². The Balaban J connectivity index is 1.76. The molecule has 3 aromatic carbocycles. The zero-order valence-corrected chi connectivity index (χ0v) is 13.7. The van der Waals surface area contributed by atoms with Gasteiger partial charge in [0.25, 0.3) is 0 Å². The summed E-state index contributed by atoms with van der Waals surface area (Å²) in [5.74, 6) is 1.26. The number of ether oxygens (including phenoxy) is 2. The maximum atomic E-state index is 8.74. The smallest absolute Gasteiger partial charge is 0.162 e. The van der Waals surface area contributed by atoms with Crippen LogP contribution in [0.25, 0.3) is 0 Å². The molecule has 25 heavy (non-hydrogen) atoms. The molecule has 0 aliphatic heterocycles. The third kappa shape index (κ3) is 4.85. The lowest BCUT2D eigenvalue weighted by atomic mass is 10.2. The fourth-order valence-electron chi connectivity index (χ4n) is 2.37. The molecular weight excluding hydrogens is 314 g/mol. The van der Waals surface area contributed by atoms with Gasteiger partial charge < -0.3 is 14.7 Å². The number of hydrogen-bond acceptors (Lipinski definition) is 4. The van der Waals surface area contributed by atoms with Gasteiger partial charge in [-0.25, -0.2) is 0 Å². The van der Waals surface area contributed by atoms with E-state index in [9.17, 15) is 0 Å². The molecule has 0 heterocycles. The topological polar surface area (TPSA) is 51.1 Å². The first-order valence-electron chi connectivity index (χ1n) is 8.00. The van der Waals surface area contributed by atoms with Crippen LogP contribution in [-0.4, -0.2) is 11.4 Å². The first-order chi connectivity index (χ1) is 12.3. The summed E-state index contributed by atoms with van der Waals surface area (Å²) in [6.45, 7) is 0.887. The van der Waals surface area contributed by atoms with E-state index in [1.807, 2.05) is 72.8 Å². The predicted octanol–water partition coefficient (Wildman–Crippen LogP) is 4.65. The van der Waals surface area contributed by atoms with Gasteiger partial charge in [0.05, 0.1) is 6.21 Å². The van der Waals surface area contributed by atoms with Crippen molar-refractivity contribution in [1.82, 2.24) is 0 Å². The van der Waals surface area contributed by atoms with Crippen molar-refractivity contribution in [3.8, 4) is 11.5 Å². The van der Waals surface area contributed by atoms with Crippen molar-refractivity contribution in [3.63, 3.8) is 0 Å². The third-order valence-electron chi connectivity index (χ3n) is 3.65. The van der Waals surface area contributed by atoms with E-state index < -0.39 is 0 Å². The van der Waals surface area contributed by atoms with Crippen molar-refractivity contribution in [1.29, 1.82) is 0 Å². The van der Waals surface area contributed by atoms with E-state index in [4.69, 9.17) is 14.7 Å². The van der Waals surface area contributed by atoms with Crippen LogP contribution in [0.2, 0.25) is 0 Å². The summed E-state index contributed by atoms with van der Waals surface area (Å²) in [7, 11) is 0.